The Morgan fingerprint density at radius 1 is 1.00 bits per heavy atom. The van der Waals surface area contributed by atoms with Gasteiger partial charge in [-0.2, -0.15) is 0 Å². The summed E-state index contributed by atoms with van der Waals surface area (Å²) in [6, 6.07) is 8.97. The number of rotatable bonds is 5. The Bertz CT molecular complexity index is 644. The first kappa shape index (κ1) is 18.6. The third-order valence-electron chi connectivity index (χ3n) is 5.73. The molecule has 1 unspecified atom stereocenters. The van der Waals surface area contributed by atoms with Crippen LogP contribution in [-0.2, 0) is 9.59 Å². The average Bonchev–Trinajstić information content (AvgIpc) is 3.20. The maximum atomic E-state index is 13.0. The van der Waals surface area contributed by atoms with Crippen molar-refractivity contribution in [2.75, 3.05) is 13.1 Å². The van der Waals surface area contributed by atoms with E-state index >= 15 is 0 Å². The summed E-state index contributed by atoms with van der Waals surface area (Å²) in [5.74, 6) is 0.274. The quantitative estimate of drug-likeness (QED) is 0.825. The van der Waals surface area contributed by atoms with Gasteiger partial charge in [0.05, 0.1) is 0 Å². The van der Waals surface area contributed by atoms with Crippen molar-refractivity contribution in [3.8, 4) is 0 Å². The number of ketones is 1. The van der Waals surface area contributed by atoms with Gasteiger partial charge in [0.25, 0.3) is 0 Å². The summed E-state index contributed by atoms with van der Waals surface area (Å²) in [5.41, 5.74) is 0.749. The second-order valence-electron chi connectivity index (χ2n) is 7.55. The molecule has 5 heteroatoms. The topological polar surface area (TPSA) is 66.5 Å². The Hall–Kier alpha value is -2.17. The number of likely N-dealkylation sites (tertiary alicyclic amines) is 1. The van der Waals surface area contributed by atoms with E-state index in [2.05, 4.69) is 5.32 Å². The van der Waals surface area contributed by atoms with Crippen molar-refractivity contribution in [2.24, 2.45) is 11.8 Å². The van der Waals surface area contributed by atoms with E-state index in [0.717, 1.165) is 31.2 Å². The second-order valence-corrected chi connectivity index (χ2v) is 7.55. The molecule has 3 rings (SSSR count). The van der Waals surface area contributed by atoms with E-state index in [4.69, 9.17) is 0 Å². The highest BCUT2D eigenvalue weighted by Crippen LogP contribution is 2.30. The third-order valence-corrected chi connectivity index (χ3v) is 5.73. The largest absolute Gasteiger partial charge is 0.344 e. The van der Waals surface area contributed by atoms with Crippen molar-refractivity contribution >= 4 is 17.6 Å². The maximum Gasteiger partial charge on any atom is 0.245 e. The van der Waals surface area contributed by atoms with E-state index < -0.39 is 6.04 Å². The molecule has 1 aromatic carbocycles. The molecule has 1 heterocycles. The zero-order valence-corrected chi connectivity index (χ0v) is 15.4. The van der Waals surface area contributed by atoms with Crippen LogP contribution in [0.1, 0.15) is 55.8 Å². The normalized spacial score (nSPS) is 20.0. The summed E-state index contributed by atoms with van der Waals surface area (Å²) in [4.78, 5) is 39.0. The van der Waals surface area contributed by atoms with Crippen LogP contribution >= 0.6 is 0 Å². The van der Waals surface area contributed by atoms with Gasteiger partial charge in [0.2, 0.25) is 11.8 Å². The number of carbonyl (C=O) groups is 3. The van der Waals surface area contributed by atoms with Crippen LogP contribution in [0, 0.1) is 11.8 Å². The van der Waals surface area contributed by atoms with Crippen molar-refractivity contribution in [1.29, 1.82) is 0 Å². The Labute approximate surface area is 155 Å². The number of hydrogen-bond acceptors (Lipinski definition) is 3. The van der Waals surface area contributed by atoms with E-state index in [0.29, 0.717) is 25.9 Å². The molecule has 1 saturated heterocycles. The molecule has 1 saturated carbocycles. The van der Waals surface area contributed by atoms with Gasteiger partial charge in [-0.25, -0.2) is 0 Å². The summed E-state index contributed by atoms with van der Waals surface area (Å²) in [6.45, 7) is 2.65. The van der Waals surface area contributed by atoms with E-state index in [1.165, 1.54) is 6.92 Å². The first-order valence-electron chi connectivity index (χ1n) is 9.71. The first-order valence-corrected chi connectivity index (χ1v) is 9.71. The highest BCUT2D eigenvalue weighted by atomic mass is 16.2. The molecule has 0 bridgehead atoms. The van der Waals surface area contributed by atoms with Gasteiger partial charge >= 0.3 is 0 Å². The van der Waals surface area contributed by atoms with Gasteiger partial charge < -0.3 is 10.2 Å². The van der Waals surface area contributed by atoms with Crippen LogP contribution in [0.2, 0.25) is 0 Å². The monoisotopic (exact) mass is 356 g/mol. The second kappa shape index (κ2) is 8.47. The highest BCUT2D eigenvalue weighted by Gasteiger charge is 2.36. The predicted octanol–water partition coefficient (Wildman–Crippen LogP) is 2.80. The fourth-order valence-corrected chi connectivity index (χ4v) is 4.29. The molecule has 5 nitrogen and oxygen atoms in total. The fraction of sp³-hybridized carbons (Fsp3) is 0.571. The van der Waals surface area contributed by atoms with Gasteiger partial charge in [0.15, 0.2) is 5.78 Å². The Morgan fingerprint density at radius 3 is 2.19 bits per heavy atom. The first-order chi connectivity index (χ1) is 12.6. The molecule has 1 aliphatic heterocycles. The number of nitrogens with zero attached hydrogens (tertiary/aromatic N) is 1. The lowest BCUT2D eigenvalue weighted by Gasteiger charge is -2.35. The smallest absolute Gasteiger partial charge is 0.245 e. The molecule has 0 aromatic heterocycles. The number of hydrogen-bond donors (Lipinski definition) is 1. The van der Waals surface area contributed by atoms with Crippen LogP contribution in [0.25, 0.3) is 0 Å². The van der Waals surface area contributed by atoms with Gasteiger partial charge in [-0.1, -0.05) is 43.2 Å². The number of amides is 2. The molecule has 2 aliphatic rings. The molecular formula is C21H28N2O3. The van der Waals surface area contributed by atoms with Crippen LogP contribution < -0.4 is 5.32 Å². The lowest BCUT2D eigenvalue weighted by Crippen LogP contribution is -2.53. The number of Topliss-reactive ketones (excluding diaryl/α,β-unsaturated/α-hetero) is 1. The van der Waals surface area contributed by atoms with Gasteiger partial charge in [-0.3, -0.25) is 14.4 Å². The van der Waals surface area contributed by atoms with E-state index in [1.807, 2.05) is 35.2 Å². The minimum absolute atomic E-state index is 0.0212. The zero-order valence-electron chi connectivity index (χ0n) is 15.4. The molecule has 2 fully saturated rings. The van der Waals surface area contributed by atoms with Crippen molar-refractivity contribution in [1.82, 2.24) is 10.2 Å². The van der Waals surface area contributed by atoms with Crippen molar-refractivity contribution in [3.05, 3.63) is 35.9 Å². The summed E-state index contributed by atoms with van der Waals surface area (Å²) >= 11 is 0. The third kappa shape index (κ3) is 4.32. The minimum atomic E-state index is -0.406. The van der Waals surface area contributed by atoms with Crippen LogP contribution in [0.5, 0.6) is 0 Å². The molecule has 1 N–H and O–H groups in total. The predicted molar refractivity (Wildman–Crippen MR) is 99.6 cm³/mol. The summed E-state index contributed by atoms with van der Waals surface area (Å²) in [6.07, 6.45) is 5.64. The van der Waals surface area contributed by atoms with Crippen molar-refractivity contribution < 1.29 is 14.4 Å². The summed E-state index contributed by atoms with van der Waals surface area (Å²) in [5, 5.41) is 2.88. The zero-order chi connectivity index (χ0) is 18.5. The van der Waals surface area contributed by atoms with E-state index in [1.54, 1.807) is 0 Å². The number of carbonyl (C=O) groups excluding carboxylic acids is 3. The fourth-order valence-electron chi connectivity index (χ4n) is 4.29. The molecule has 1 atom stereocenters. The lowest BCUT2D eigenvalue weighted by atomic mass is 9.88. The molecular weight excluding hydrogens is 328 g/mol. The number of benzene rings is 1. The van der Waals surface area contributed by atoms with Crippen molar-refractivity contribution in [3.63, 3.8) is 0 Å². The van der Waals surface area contributed by atoms with Crippen LogP contribution in [0.4, 0.5) is 0 Å². The number of piperidine rings is 1. The Balaban J connectivity index is 1.59. The molecule has 140 valence electrons. The molecule has 1 aromatic rings. The van der Waals surface area contributed by atoms with Gasteiger partial charge in [-0.15, -0.1) is 0 Å². The Kier molecular flexibility index (Phi) is 6.07. The molecule has 2 amide bonds. The van der Waals surface area contributed by atoms with E-state index in [9.17, 15) is 14.4 Å². The van der Waals surface area contributed by atoms with E-state index in [-0.39, 0.29) is 29.4 Å². The highest BCUT2D eigenvalue weighted by molar-refractivity contribution is 5.98. The SMILES string of the molecule is CC(=O)NC(C(=O)N1CCC(C(=O)c2ccccc2)CC1)C1CCCC1. The molecule has 26 heavy (non-hydrogen) atoms. The van der Waals surface area contributed by atoms with Crippen LogP contribution in [-0.4, -0.2) is 41.6 Å². The van der Waals surface area contributed by atoms with Gasteiger partial charge in [0.1, 0.15) is 6.04 Å². The number of nitrogens with one attached hydrogen (secondary N) is 1. The van der Waals surface area contributed by atoms with Gasteiger partial charge in [-0.05, 0) is 31.6 Å². The summed E-state index contributed by atoms with van der Waals surface area (Å²) < 4.78 is 0. The lowest BCUT2D eigenvalue weighted by molar-refractivity contribution is -0.138. The van der Waals surface area contributed by atoms with Crippen LogP contribution in [0.3, 0.4) is 0 Å². The van der Waals surface area contributed by atoms with Gasteiger partial charge in [0, 0.05) is 31.5 Å². The molecule has 0 radical (unpaired) electrons. The minimum Gasteiger partial charge on any atom is -0.344 e. The van der Waals surface area contributed by atoms with Crippen LogP contribution in [0.15, 0.2) is 30.3 Å². The maximum absolute atomic E-state index is 13.0. The standard InChI is InChI=1S/C21H28N2O3/c1-15(24)22-19(16-7-5-6-8-16)21(26)23-13-11-18(12-14-23)20(25)17-9-3-2-4-10-17/h2-4,9-10,16,18-19H,5-8,11-14H2,1H3,(H,22,24). The molecule has 0 spiro atoms. The van der Waals surface area contributed by atoms with Crippen molar-refractivity contribution in [2.45, 2.75) is 51.5 Å². The molecule has 1 aliphatic carbocycles. The Morgan fingerprint density at radius 2 is 1.62 bits per heavy atom. The summed E-state index contributed by atoms with van der Waals surface area (Å²) in [7, 11) is 0. The average molecular weight is 356 g/mol.